The summed E-state index contributed by atoms with van der Waals surface area (Å²) in [5.74, 6) is -0.0584. The van der Waals surface area contributed by atoms with Gasteiger partial charge in [-0.15, -0.1) is 0 Å². The van der Waals surface area contributed by atoms with Crippen LogP contribution >= 0.6 is 0 Å². The van der Waals surface area contributed by atoms with Crippen LogP contribution in [0.4, 0.5) is 0 Å². The standard InChI is InChI=1S/C20H33NO3/c1-12(2)10-13-15(14(22)11-19(3,4)5)16(18(23)24-9)17(21-13)20(6,7)8/h12,21H,10-11H2,1-9H3. The molecule has 24 heavy (non-hydrogen) atoms. The first-order valence-corrected chi connectivity index (χ1v) is 8.64. The number of Topliss-reactive ketones (excluding diaryl/α,β-unsaturated/α-hetero) is 1. The number of aromatic nitrogens is 1. The predicted molar refractivity (Wildman–Crippen MR) is 97.8 cm³/mol. The van der Waals surface area contributed by atoms with E-state index in [9.17, 15) is 9.59 Å². The zero-order valence-corrected chi connectivity index (χ0v) is 16.7. The molecule has 0 bridgehead atoms. The van der Waals surface area contributed by atoms with Gasteiger partial charge in [-0.1, -0.05) is 55.4 Å². The van der Waals surface area contributed by atoms with Crippen LogP contribution in [0.2, 0.25) is 0 Å². The summed E-state index contributed by atoms with van der Waals surface area (Å²) in [4.78, 5) is 28.9. The van der Waals surface area contributed by atoms with Crippen LogP contribution in [0.5, 0.6) is 0 Å². The second kappa shape index (κ2) is 7.12. The average Bonchev–Trinajstić information content (AvgIpc) is 2.74. The smallest absolute Gasteiger partial charge is 0.340 e. The van der Waals surface area contributed by atoms with Crippen molar-refractivity contribution in [1.29, 1.82) is 0 Å². The molecular formula is C20H33NO3. The molecule has 0 saturated carbocycles. The summed E-state index contributed by atoms with van der Waals surface area (Å²) in [5.41, 5.74) is 2.14. The Morgan fingerprint density at radius 2 is 1.58 bits per heavy atom. The quantitative estimate of drug-likeness (QED) is 0.614. The highest BCUT2D eigenvalue weighted by molar-refractivity contribution is 6.08. The number of carbonyl (C=O) groups excluding carboxylic acids is 2. The maximum absolute atomic E-state index is 13.0. The molecule has 0 radical (unpaired) electrons. The van der Waals surface area contributed by atoms with Crippen LogP contribution in [-0.2, 0) is 16.6 Å². The molecule has 4 heteroatoms. The number of rotatable bonds is 5. The first kappa shape index (κ1) is 20.5. The third-order valence-electron chi connectivity index (χ3n) is 3.80. The van der Waals surface area contributed by atoms with Gasteiger partial charge in [0.25, 0.3) is 0 Å². The van der Waals surface area contributed by atoms with Crippen molar-refractivity contribution in [2.45, 2.75) is 73.6 Å². The lowest BCUT2D eigenvalue weighted by Crippen LogP contribution is -2.20. The monoisotopic (exact) mass is 335 g/mol. The Labute approximate surface area is 146 Å². The second-order valence-electron chi connectivity index (χ2n) is 9.23. The molecule has 0 amide bonds. The summed E-state index contributed by atoms with van der Waals surface area (Å²) in [6.07, 6.45) is 1.12. The highest BCUT2D eigenvalue weighted by atomic mass is 16.5. The zero-order chi connectivity index (χ0) is 18.9. The fourth-order valence-corrected chi connectivity index (χ4v) is 2.86. The molecule has 0 aliphatic carbocycles. The van der Waals surface area contributed by atoms with E-state index in [1.54, 1.807) is 0 Å². The summed E-state index contributed by atoms with van der Waals surface area (Å²) < 4.78 is 5.00. The van der Waals surface area contributed by atoms with E-state index < -0.39 is 5.97 Å². The van der Waals surface area contributed by atoms with Gasteiger partial charge in [0.15, 0.2) is 5.78 Å². The number of esters is 1. The van der Waals surface area contributed by atoms with Gasteiger partial charge in [-0.2, -0.15) is 0 Å². The van der Waals surface area contributed by atoms with Gasteiger partial charge >= 0.3 is 5.97 Å². The summed E-state index contributed by atoms with van der Waals surface area (Å²) in [7, 11) is 1.36. The van der Waals surface area contributed by atoms with Crippen LogP contribution in [0.15, 0.2) is 0 Å². The van der Waals surface area contributed by atoms with Crippen molar-refractivity contribution >= 4 is 11.8 Å². The van der Waals surface area contributed by atoms with Crippen LogP contribution in [0, 0.1) is 11.3 Å². The van der Waals surface area contributed by atoms with Crippen molar-refractivity contribution in [2.24, 2.45) is 11.3 Å². The van der Waals surface area contributed by atoms with E-state index in [1.165, 1.54) is 7.11 Å². The molecule has 0 saturated heterocycles. The predicted octanol–water partition coefficient (Wildman–Crippen LogP) is 4.92. The van der Waals surface area contributed by atoms with Gasteiger partial charge in [0.05, 0.1) is 18.2 Å². The van der Waals surface area contributed by atoms with Crippen molar-refractivity contribution in [3.8, 4) is 0 Å². The topological polar surface area (TPSA) is 59.2 Å². The number of H-pyrrole nitrogens is 1. The summed E-state index contributed by atoms with van der Waals surface area (Å²) in [6, 6.07) is 0. The van der Waals surface area contributed by atoms with Crippen LogP contribution in [0.1, 0.15) is 93.9 Å². The van der Waals surface area contributed by atoms with Gasteiger partial charge in [0.1, 0.15) is 0 Å². The number of ether oxygens (including phenoxy) is 1. The summed E-state index contributed by atoms with van der Waals surface area (Å²) in [6.45, 7) is 16.4. The number of ketones is 1. The Morgan fingerprint density at radius 1 is 1.04 bits per heavy atom. The number of methoxy groups -OCH3 is 1. The molecule has 1 aromatic heterocycles. The van der Waals surface area contributed by atoms with Crippen molar-refractivity contribution in [1.82, 2.24) is 4.98 Å². The van der Waals surface area contributed by atoms with E-state index in [4.69, 9.17) is 4.74 Å². The zero-order valence-electron chi connectivity index (χ0n) is 16.7. The normalized spacial score (nSPS) is 12.6. The molecule has 1 heterocycles. The first-order chi connectivity index (χ1) is 10.8. The lowest BCUT2D eigenvalue weighted by Gasteiger charge is -2.20. The highest BCUT2D eigenvalue weighted by Crippen LogP contribution is 2.34. The van der Waals surface area contributed by atoms with Crippen LogP contribution < -0.4 is 0 Å². The molecule has 136 valence electrons. The molecule has 1 N–H and O–H groups in total. The van der Waals surface area contributed by atoms with E-state index >= 15 is 0 Å². The van der Waals surface area contributed by atoms with Crippen molar-refractivity contribution in [2.75, 3.05) is 7.11 Å². The lowest BCUT2D eigenvalue weighted by molar-refractivity contribution is 0.0593. The molecule has 0 aliphatic heterocycles. The highest BCUT2D eigenvalue weighted by Gasteiger charge is 2.34. The third kappa shape index (κ3) is 4.96. The SMILES string of the molecule is COC(=O)c1c(C(C)(C)C)[nH]c(CC(C)C)c1C(=O)CC(C)(C)C. The largest absolute Gasteiger partial charge is 0.465 e. The number of hydrogen-bond donors (Lipinski definition) is 1. The minimum absolute atomic E-state index is 0.00491. The van der Waals surface area contributed by atoms with Gasteiger partial charge in [-0.25, -0.2) is 4.79 Å². The fourth-order valence-electron chi connectivity index (χ4n) is 2.86. The van der Waals surface area contributed by atoms with Crippen molar-refractivity contribution in [3.63, 3.8) is 0 Å². The van der Waals surface area contributed by atoms with E-state index in [-0.39, 0.29) is 16.6 Å². The third-order valence-corrected chi connectivity index (χ3v) is 3.80. The Balaban J connectivity index is 3.63. The first-order valence-electron chi connectivity index (χ1n) is 8.64. The summed E-state index contributed by atoms with van der Waals surface area (Å²) >= 11 is 0. The van der Waals surface area contributed by atoms with Crippen LogP contribution in [0.3, 0.4) is 0 Å². The van der Waals surface area contributed by atoms with Crippen LogP contribution in [-0.4, -0.2) is 23.8 Å². The molecule has 0 spiro atoms. The molecule has 0 atom stereocenters. The van der Waals surface area contributed by atoms with E-state index in [2.05, 4.69) is 18.8 Å². The lowest BCUT2D eigenvalue weighted by atomic mass is 9.84. The van der Waals surface area contributed by atoms with Gasteiger partial charge in [-0.3, -0.25) is 4.79 Å². The van der Waals surface area contributed by atoms with Crippen LogP contribution in [0.25, 0.3) is 0 Å². The molecular weight excluding hydrogens is 302 g/mol. The average molecular weight is 335 g/mol. The summed E-state index contributed by atoms with van der Waals surface area (Å²) in [5, 5.41) is 0. The fraction of sp³-hybridized carbons (Fsp3) is 0.700. The molecule has 1 aromatic rings. The molecule has 4 nitrogen and oxygen atoms in total. The van der Waals surface area contributed by atoms with Crippen molar-refractivity contribution < 1.29 is 14.3 Å². The van der Waals surface area contributed by atoms with Gasteiger partial charge in [-0.05, 0) is 17.8 Å². The number of carbonyl (C=O) groups is 2. The van der Waals surface area contributed by atoms with E-state index in [0.717, 1.165) is 17.8 Å². The maximum Gasteiger partial charge on any atom is 0.340 e. The Morgan fingerprint density at radius 3 is 1.96 bits per heavy atom. The molecule has 0 aliphatic rings. The Bertz CT molecular complexity index is 610. The minimum Gasteiger partial charge on any atom is -0.465 e. The van der Waals surface area contributed by atoms with Gasteiger partial charge in [0.2, 0.25) is 0 Å². The van der Waals surface area contributed by atoms with Gasteiger partial charge in [0, 0.05) is 23.2 Å². The minimum atomic E-state index is -0.441. The molecule has 0 aromatic carbocycles. The number of nitrogens with one attached hydrogen (secondary N) is 1. The molecule has 0 fully saturated rings. The number of aromatic amines is 1. The Hall–Kier alpha value is -1.58. The van der Waals surface area contributed by atoms with Crippen molar-refractivity contribution in [3.05, 3.63) is 22.5 Å². The van der Waals surface area contributed by atoms with E-state index in [1.807, 2.05) is 41.5 Å². The number of hydrogen-bond acceptors (Lipinski definition) is 3. The Kier molecular flexibility index (Phi) is 6.07. The van der Waals surface area contributed by atoms with E-state index in [0.29, 0.717) is 23.5 Å². The second-order valence-corrected chi connectivity index (χ2v) is 9.23. The molecule has 0 unspecified atom stereocenters. The maximum atomic E-state index is 13.0. The van der Waals surface area contributed by atoms with Gasteiger partial charge < -0.3 is 9.72 Å². The molecule has 1 rings (SSSR count).